The van der Waals surface area contributed by atoms with E-state index in [1.54, 1.807) is 0 Å². The third-order valence-electron chi connectivity index (χ3n) is 3.12. The fourth-order valence-electron chi connectivity index (χ4n) is 2.18. The van der Waals surface area contributed by atoms with Crippen molar-refractivity contribution < 1.29 is 4.52 Å². The molecule has 0 radical (unpaired) electrons. The van der Waals surface area contributed by atoms with Crippen molar-refractivity contribution in [2.75, 3.05) is 13.1 Å². The van der Waals surface area contributed by atoms with Crippen LogP contribution >= 0.6 is 0 Å². The van der Waals surface area contributed by atoms with Crippen LogP contribution in [0.2, 0.25) is 0 Å². The monoisotopic (exact) mass is 229 g/mol. The SMILES string of the molecule is c1ccc(-c2nc(C[C@H]3CCNC3)no2)cc1. The summed E-state index contributed by atoms with van der Waals surface area (Å²) < 4.78 is 5.28. The van der Waals surface area contributed by atoms with Crippen molar-refractivity contribution in [3.05, 3.63) is 36.2 Å². The van der Waals surface area contributed by atoms with E-state index in [0.29, 0.717) is 11.8 Å². The lowest BCUT2D eigenvalue weighted by molar-refractivity contribution is 0.415. The smallest absolute Gasteiger partial charge is 0.257 e. The molecule has 2 aromatic rings. The lowest BCUT2D eigenvalue weighted by Gasteiger charge is -2.01. The fraction of sp³-hybridized carbons (Fsp3) is 0.385. The molecule has 1 aliphatic rings. The van der Waals surface area contributed by atoms with Crippen LogP contribution in [-0.2, 0) is 6.42 Å². The van der Waals surface area contributed by atoms with Gasteiger partial charge in [0.25, 0.3) is 5.89 Å². The Morgan fingerprint density at radius 1 is 1.29 bits per heavy atom. The summed E-state index contributed by atoms with van der Waals surface area (Å²) in [5, 5.41) is 7.39. The molecule has 1 atom stereocenters. The molecule has 17 heavy (non-hydrogen) atoms. The zero-order valence-corrected chi connectivity index (χ0v) is 9.60. The Morgan fingerprint density at radius 3 is 2.94 bits per heavy atom. The minimum atomic E-state index is 0.617. The zero-order chi connectivity index (χ0) is 11.5. The van der Waals surface area contributed by atoms with Crippen molar-refractivity contribution in [2.45, 2.75) is 12.8 Å². The zero-order valence-electron chi connectivity index (χ0n) is 9.60. The molecule has 0 saturated carbocycles. The molecule has 0 amide bonds. The predicted molar refractivity (Wildman–Crippen MR) is 64.4 cm³/mol. The van der Waals surface area contributed by atoms with Crippen LogP contribution in [0.4, 0.5) is 0 Å². The Morgan fingerprint density at radius 2 is 2.18 bits per heavy atom. The summed E-state index contributed by atoms with van der Waals surface area (Å²) in [4.78, 5) is 4.44. The maximum atomic E-state index is 5.28. The van der Waals surface area contributed by atoms with Gasteiger partial charge >= 0.3 is 0 Å². The van der Waals surface area contributed by atoms with Crippen molar-refractivity contribution in [3.8, 4) is 11.5 Å². The van der Waals surface area contributed by atoms with Gasteiger partial charge in [-0.1, -0.05) is 23.4 Å². The van der Waals surface area contributed by atoms with Crippen molar-refractivity contribution in [1.82, 2.24) is 15.5 Å². The molecule has 1 N–H and O–H groups in total. The lowest BCUT2D eigenvalue weighted by atomic mass is 10.1. The van der Waals surface area contributed by atoms with Crippen molar-refractivity contribution >= 4 is 0 Å². The van der Waals surface area contributed by atoms with Gasteiger partial charge in [0.05, 0.1) is 0 Å². The summed E-state index contributed by atoms with van der Waals surface area (Å²) in [6.45, 7) is 2.17. The highest BCUT2D eigenvalue weighted by atomic mass is 16.5. The van der Waals surface area contributed by atoms with E-state index >= 15 is 0 Å². The van der Waals surface area contributed by atoms with E-state index < -0.39 is 0 Å². The van der Waals surface area contributed by atoms with E-state index in [4.69, 9.17) is 4.52 Å². The maximum absolute atomic E-state index is 5.28. The molecule has 0 spiro atoms. The van der Waals surface area contributed by atoms with Gasteiger partial charge in [0.2, 0.25) is 0 Å². The molecule has 3 rings (SSSR count). The molecule has 0 bridgehead atoms. The molecular weight excluding hydrogens is 214 g/mol. The van der Waals surface area contributed by atoms with Gasteiger partial charge in [0.1, 0.15) is 0 Å². The van der Waals surface area contributed by atoms with Crippen LogP contribution in [0.1, 0.15) is 12.2 Å². The summed E-state index contributed by atoms with van der Waals surface area (Å²) in [7, 11) is 0. The molecule has 4 nitrogen and oxygen atoms in total. The Bertz CT molecular complexity index is 474. The first-order chi connectivity index (χ1) is 8.42. The summed E-state index contributed by atoms with van der Waals surface area (Å²) in [6.07, 6.45) is 2.11. The first-order valence-corrected chi connectivity index (χ1v) is 6.00. The van der Waals surface area contributed by atoms with Crippen molar-refractivity contribution in [3.63, 3.8) is 0 Å². The van der Waals surface area contributed by atoms with Crippen LogP contribution in [0.15, 0.2) is 34.9 Å². The highest BCUT2D eigenvalue weighted by Crippen LogP contribution is 2.18. The molecule has 1 aromatic carbocycles. The van der Waals surface area contributed by atoms with Gasteiger partial charge in [0.15, 0.2) is 5.82 Å². The Balaban J connectivity index is 1.74. The van der Waals surface area contributed by atoms with Crippen molar-refractivity contribution in [2.24, 2.45) is 5.92 Å². The molecule has 1 saturated heterocycles. The largest absolute Gasteiger partial charge is 0.334 e. The van der Waals surface area contributed by atoms with E-state index in [9.17, 15) is 0 Å². The molecular formula is C13H15N3O. The number of benzene rings is 1. The molecule has 1 aliphatic heterocycles. The van der Waals surface area contributed by atoms with E-state index in [2.05, 4.69) is 15.5 Å². The summed E-state index contributed by atoms with van der Waals surface area (Å²) in [5.74, 6) is 2.08. The third-order valence-corrected chi connectivity index (χ3v) is 3.12. The van der Waals surface area contributed by atoms with Crippen LogP contribution in [0, 0.1) is 5.92 Å². The van der Waals surface area contributed by atoms with Gasteiger partial charge in [-0.2, -0.15) is 4.98 Å². The van der Waals surface area contributed by atoms with Gasteiger partial charge in [-0.25, -0.2) is 0 Å². The quantitative estimate of drug-likeness (QED) is 0.873. The highest BCUT2D eigenvalue weighted by molar-refractivity contribution is 5.51. The van der Waals surface area contributed by atoms with Crippen LogP contribution in [0.25, 0.3) is 11.5 Å². The highest BCUT2D eigenvalue weighted by Gasteiger charge is 2.18. The first kappa shape index (κ1) is 10.5. The average molecular weight is 229 g/mol. The van der Waals surface area contributed by atoms with Gasteiger partial charge in [-0.3, -0.25) is 0 Å². The van der Waals surface area contributed by atoms with E-state index in [-0.39, 0.29) is 0 Å². The van der Waals surface area contributed by atoms with Gasteiger partial charge < -0.3 is 9.84 Å². The summed E-state index contributed by atoms with van der Waals surface area (Å²) in [6, 6.07) is 9.88. The summed E-state index contributed by atoms with van der Waals surface area (Å²) >= 11 is 0. The molecule has 88 valence electrons. The Kier molecular flexibility index (Phi) is 2.88. The van der Waals surface area contributed by atoms with Gasteiger partial charge in [-0.05, 0) is 37.6 Å². The number of hydrogen-bond acceptors (Lipinski definition) is 4. The van der Waals surface area contributed by atoms with E-state index in [0.717, 1.165) is 30.9 Å². The molecule has 1 fully saturated rings. The maximum Gasteiger partial charge on any atom is 0.257 e. The molecule has 1 aromatic heterocycles. The fourth-order valence-corrected chi connectivity index (χ4v) is 2.18. The number of nitrogens with one attached hydrogen (secondary N) is 1. The first-order valence-electron chi connectivity index (χ1n) is 6.00. The van der Waals surface area contributed by atoms with E-state index in [1.165, 1.54) is 6.42 Å². The minimum Gasteiger partial charge on any atom is -0.334 e. The predicted octanol–water partition coefficient (Wildman–Crippen LogP) is 1.89. The number of rotatable bonds is 3. The normalized spacial score (nSPS) is 19.6. The van der Waals surface area contributed by atoms with Gasteiger partial charge in [0, 0.05) is 12.0 Å². The topological polar surface area (TPSA) is 51.0 Å². The van der Waals surface area contributed by atoms with Gasteiger partial charge in [-0.15, -0.1) is 0 Å². The van der Waals surface area contributed by atoms with Crippen molar-refractivity contribution in [1.29, 1.82) is 0 Å². The summed E-state index contributed by atoms with van der Waals surface area (Å²) in [5.41, 5.74) is 0.982. The molecule has 0 unspecified atom stereocenters. The number of hydrogen-bond donors (Lipinski definition) is 1. The standard InChI is InChI=1S/C13H15N3O/c1-2-4-11(5-3-1)13-15-12(16-17-13)8-10-6-7-14-9-10/h1-5,10,14H,6-9H2/t10-/m1/s1. The Labute approximate surface area is 100 Å². The minimum absolute atomic E-state index is 0.617. The number of nitrogens with zero attached hydrogens (tertiary/aromatic N) is 2. The van der Waals surface area contributed by atoms with Crippen LogP contribution in [0.3, 0.4) is 0 Å². The lowest BCUT2D eigenvalue weighted by Crippen LogP contribution is -2.11. The molecule has 4 heteroatoms. The van der Waals surface area contributed by atoms with Crippen LogP contribution in [0.5, 0.6) is 0 Å². The second-order valence-electron chi connectivity index (χ2n) is 4.44. The second-order valence-corrected chi connectivity index (χ2v) is 4.44. The Hall–Kier alpha value is -1.68. The number of aromatic nitrogens is 2. The van der Waals surface area contributed by atoms with Crippen LogP contribution < -0.4 is 5.32 Å². The van der Waals surface area contributed by atoms with E-state index in [1.807, 2.05) is 30.3 Å². The average Bonchev–Trinajstić information content (AvgIpc) is 3.02. The van der Waals surface area contributed by atoms with Crippen LogP contribution in [-0.4, -0.2) is 23.2 Å². The third kappa shape index (κ3) is 2.36. The molecule has 2 heterocycles. The molecule has 0 aliphatic carbocycles. The second kappa shape index (κ2) is 4.67.